The van der Waals surface area contributed by atoms with Gasteiger partial charge in [0.2, 0.25) is 0 Å². The normalized spacial score (nSPS) is 15.6. The van der Waals surface area contributed by atoms with E-state index in [1.807, 2.05) is 13.8 Å². The zero-order valence-electron chi connectivity index (χ0n) is 10.2. The molecule has 4 nitrogen and oxygen atoms in total. The Hall–Kier alpha value is -0.870. The van der Waals surface area contributed by atoms with Gasteiger partial charge in [-0.25, -0.2) is 4.98 Å². The highest BCUT2D eigenvalue weighted by Crippen LogP contribution is 2.18. The van der Waals surface area contributed by atoms with Crippen LogP contribution in [0.15, 0.2) is 4.42 Å². The van der Waals surface area contributed by atoms with E-state index in [9.17, 15) is 0 Å². The third-order valence-electron chi connectivity index (χ3n) is 2.83. The standard InChI is InChI=1S/C12H21N3O/c1-9-12(16-10(2)15-9)8-13-6-3-7-14-11-4-5-11/h11,13-14H,3-8H2,1-2H3. The van der Waals surface area contributed by atoms with Gasteiger partial charge in [-0.3, -0.25) is 0 Å². The highest BCUT2D eigenvalue weighted by atomic mass is 16.4. The SMILES string of the molecule is Cc1nc(C)c(CNCCCNC2CC2)o1. The van der Waals surface area contributed by atoms with Gasteiger partial charge >= 0.3 is 0 Å². The second-order valence-electron chi connectivity index (χ2n) is 4.50. The van der Waals surface area contributed by atoms with Crippen molar-refractivity contribution in [3.63, 3.8) is 0 Å². The van der Waals surface area contributed by atoms with E-state index >= 15 is 0 Å². The molecule has 1 saturated carbocycles. The Kier molecular flexibility index (Phi) is 3.96. The minimum absolute atomic E-state index is 0.754. The molecule has 0 amide bonds. The Morgan fingerprint density at radius 1 is 1.31 bits per heavy atom. The van der Waals surface area contributed by atoms with E-state index in [0.29, 0.717) is 0 Å². The molecule has 0 aromatic carbocycles. The zero-order chi connectivity index (χ0) is 11.4. The predicted molar refractivity (Wildman–Crippen MR) is 63.3 cm³/mol. The highest BCUT2D eigenvalue weighted by molar-refractivity contribution is 5.06. The molecule has 2 N–H and O–H groups in total. The summed E-state index contributed by atoms with van der Waals surface area (Å²) in [6.45, 7) is 6.80. The van der Waals surface area contributed by atoms with E-state index < -0.39 is 0 Å². The highest BCUT2D eigenvalue weighted by Gasteiger charge is 2.19. The third kappa shape index (κ3) is 3.61. The lowest BCUT2D eigenvalue weighted by Gasteiger charge is -2.04. The smallest absolute Gasteiger partial charge is 0.191 e. The maximum Gasteiger partial charge on any atom is 0.191 e. The quantitative estimate of drug-likeness (QED) is 0.688. The molecule has 2 rings (SSSR count). The molecule has 1 aromatic heterocycles. The summed E-state index contributed by atoms with van der Waals surface area (Å²) in [5, 5.41) is 6.87. The van der Waals surface area contributed by atoms with E-state index in [-0.39, 0.29) is 0 Å². The van der Waals surface area contributed by atoms with Crippen LogP contribution in [0.5, 0.6) is 0 Å². The van der Waals surface area contributed by atoms with Gasteiger partial charge in [-0.15, -0.1) is 0 Å². The summed E-state index contributed by atoms with van der Waals surface area (Å²) in [6, 6.07) is 0.819. The lowest BCUT2D eigenvalue weighted by atomic mass is 10.3. The topological polar surface area (TPSA) is 50.1 Å². The maximum atomic E-state index is 5.48. The molecule has 1 aromatic rings. The number of rotatable bonds is 7. The third-order valence-corrected chi connectivity index (χ3v) is 2.83. The van der Waals surface area contributed by atoms with Crippen LogP contribution in [0.4, 0.5) is 0 Å². The lowest BCUT2D eigenvalue weighted by Crippen LogP contribution is -2.23. The second-order valence-corrected chi connectivity index (χ2v) is 4.50. The van der Waals surface area contributed by atoms with Crippen LogP contribution in [0.2, 0.25) is 0 Å². The largest absolute Gasteiger partial charge is 0.444 e. The minimum Gasteiger partial charge on any atom is -0.444 e. The summed E-state index contributed by atoms with van der Waals surface area (Å²) < 4.78 is 5.48. The van der Waals surface area contributed by atoms with Crippen molar-refractivity contribution in [2.75, 3.05) is 13.1 Å². The van der Waals surface area contributed by atoms with Crippen LogP contribution in [0.25, 0.3) is 0 Å². The van der Waals surface area contributed by atoms with Gasteiger partial charge in [0.15, 0.2) is 5.89 Å². The van der Waals surface area contributed by atoms with Gasteiger partial charge in [0, 0.05) is 13.0 Å². The summed E-state index contributed by atoms with van der Waals surface area (Å²) in [5.74, 6) is 1.72. The predicted octanol–water partition coefficient (Wildman–Crippen LogP) is 1.52. The second kappa shape index (κ2) is 5.46. The van der Waals surface area contributed by atoms with Gasteiger partial charge in [-0.2, -0.15) is 0 Å². The molecular formula is C12H21N3O. The van der Waals surface area contributed by atoms with Crippen LogP contribution in [-0.2, 0) is 6.54 Å². The molecule has 4 heteroatoms. The van der Waals surface area contributed by atoms with Crippen molar-refractivity contribution < 1.29 is 4.42 Å². The molecule has 0 atom stereocenters. The molecule has 1 heterocycles. The zero-order valence-corrected chi connectivity index (χ0v) is 10.2. The number of nitrogens with one attached hydrogen (secondary N) is 2. The van der Waals surface area contributed by atoms with Crippen LogP contribution in [0.1, 0.15) is 36.6 Å². The van der Waals surface area contributed by atoms with E-state index in [0.717, 1.165) is 43.0 Å². The Balaban J connectivity index is 1.54. The monoisotopic (exact) mass is 223 g/mol. The Bertz CT molecular complexity index is 331. The number of hydrogen-bond donors (Lipinski definition) is 2. The van der Waals surface area contributed by atoms with Crippen molar-refractivity contribution in [2.24, 2.45) is 0 Å². The maximum absolute atomic E-state index is 5.48. The molecule has 0 radical (unpaired) electrons. The summed E-state index contributed by atoms with van der Waals surface area (Å²) in [7, 11) is 0. The van der Waals surface area contributed by atoms with Crippen LogP contribution in [0, 0.1) is 13.8 Å². The molecule has 1 aliphatic rings. The molecule has 0 aliphatic heterocycles. The van der Waals surface area contributed by atoms with Crippen molar-refractivity contribution in [2.45, 2.75) is 45.7 Å². The molecule has 0 bridgehead atoms. The van der Waals surface area contributed by atoms with Gasteiger partial charge in [0.05, 0.1) is 12.2 Å². The molecular weight excluding hydrogens is 202 g/mol. The number of hydrogen-bond acceptors (Lipinski definition) is 4. The van der Waals surface area contributed by atoms with Crippen molar-refractivity contribution >= 4 is 0 Å². The molecule has 16 heavy (non-hydrogen) atoms. The summed E-state index contributed by atoms with van der Waals surface area (Å²) >= 11 is 0. The minimum atomic E-state index is 0.754. The molecule has 1 fully saturated rings. The first kappa shape index (κ1) is 11.6. The van der Waals surface area contributed by atoms with Gasteiger partial charge in [-0.05, 0) is 39.3 Å². The van der Waals surface area contributed by atoms with Crippen molar-refractivity contribution in [3.05, 3.63) is 17.3 Å². The first-order chi connectivity index (χ1) is 7.75. The summed E-state index contributed by atoms with van der Waals surface area (Å²) in [4.78, 5) is 4.24. The van der Waals surface area contributed by atoms with Crippen molar-refractivity contribution in [1.82, 2.24) is 15.6 Å². The van der Waals surface area contributed by atoms with Crippen LogP contribution >= 0.6 is 0 Å². The first-order valence-corrected chi connectivity index (χ1v) is 6.12. The van der Waals surface area contributed by atoms with Gasteiger partial charge in [0.1, 0.15) is 5.76 Å². The molecule has 90 valence electrons. The van der Waals surface area contributed by atoms with Gasteiger partial charge < -0.3 is 15.1 Å². The average molecular weight is 223 g/mol. The number of oxazole rings is 1. The Morgan fingerprint density at radius 2 is 2.12 bits per heavy atom. The van der Waals surface area contributed by atoms with Crippen LogP contribution < -0.4 is 10.6 Å². The van der Waals surface area contributed by atoms with E-state index in [1.54, 1.807) is 0 Å². The molecule has 0 unspecified atom stereocenters. The van der Waals surface area contributed by atoms with E-state index in [4.69, 9.17) is 4.42 Å². The fourth-order valence-electron chi connectivity index (χ4n) is 1.75. The fraction of sp³-hybridized carbons (Fsp3) is 0.750. The Labute approximate surface area is 96.8 Å². The lowest BCUT2D eigenvalue weighted by molar-refractivity contribution is 0.451. The first-order valence-electron chi connectivity index (χ1n) is 6.12. The van der Waals surface area contributed by atoms with Crippen molar-refractivity contribution in [1.29, 1.82) is 0 Å². The Morgan fingerprint density at radius 3 is 2.75 bits per heavy atom. The van der Waals surface area contributed by atoms with E-state index in [1.165, 1.54) is 19.3 Å². The average Bonchev–Trinajstić information content (AvgIpc) is 2.99. The van der Waals surface area contributed by atoms with Crippen LogP contribution in [-0.4, -0.2) is 24.1 Å². The van der Waals surface area contributed by atoms with Gasteiger partial charge in [0.25, 0.3) is 0 Å². The molecule has 0 spiro atoms. The number of aryl methyl sites for hydroxylation is 2. The number of nitrogens with zero attached hydrogens (tertiary/aromatic N) is 1. The van der Waals surface area contributed by atoms with E-state index in [2.05, 4.69) is 15.6 Å². The number of aromatic nitrogens is 1. The molecule has 1 aliphatic carbocycles. The molecule has 0 saturated heterocycles. The fourth-order valence-corrected chi connectivity index (χ4v) is 1.75. The van der Waals surface area contributed by atoms with Gasteiger partial charge in [-0.1, -0.05) is 0 Å². The van der Waals surface area contributed by atoms with Crippen LogP contribution in [0.3, 0.4) is 0 Å². The van der Waals surface area contributed by atoms with Crippen molar-refractivity contribution in [3.8, 4) is 0 Å². The summed E-state index contributed by atoms with van der Waals surface area (Å²) in [5.41, 5.74) is 1.00. The summed E-state index contributed by atoms with van der Waals surface area (Å²) in [6.07, 6.45) is 3.90.